The quantitative estimate of drug-likeness (QED) is 0.755. The number of piperazine rings is 1. The van der Waals surface area contributed by atoms with Crippen molar-refractivity contribution in [3.05, 3.63) is 23.0 Å². The molecule has 2 N–H and O–H groups in total. The van der Waals surface area contributed by atoms with Crippen LogP contribution in [0.15, 0.2) is 6.20 Å². The molecule has 2 rings (SSSR count). The van der Waals surface area contributed by atoms with Crippen LogP contribution in [0, 0.1) is 6.92 Å². The van der Waals surface area contributed by atoms with E-state index in [0.717, 1.165) is 32.7 Å². The maximum Gasteiger partial charge on any atom is 0.337 e. The normalized spacial score (nSPS) is 16.3. The van der Waals surface area contributed by atoms with E-state index in [2.05, 4.69) is 22.2 Å². The number of aromatic carboxylic acids is 1. The van der Waals surface area contributed by atoms with Crippen molar-refractivity contribution < 1.29 is 14.7 Å². The molecular weight excluding hydrogens is 308 g/mol. The van der Waals surface area contributed by atoms with Gasteiger partial charge in [0.05, 0.1) is 12.0 Å². The molecule has 1 fully saturated rings. The van der Waals surface area contributed by atoms with Gasteiger partial charge in [-0.05, 0) is 26.5 Å². The summed E-state index contributed by atoms with van der Waals surface area (Å²) in [6.45, 7) is 9.94. The predicted octanol–water partition coefficient (Wildman–Crippen LogP) is 0.421. The predicted molar refractivity (Wildman–Crippen MR) is 92.5 cm³/mol. The summed E-state index contributed by atoms with van der Waals surface area (Å²) in [7, 11) is 2.12. The van der Waals surface area contributed by atoms with Crippen LogP contribution in [0.1, 0.15) is 28.5 Å². The van der Waals surface area contributed by atoms with Crippen LogP contribution >= 0.6 is 0 Å². The number of aryl methyl sites for hydroxylation is 2. The number of likely N-dealkylation sites (N-methyl/N-ethyl adjacent to an activating group) is 1. The number of carbonyl (C=O) groups is 2. The molecule has 1 amide bonds. The minimum Gasteiger partial charge on any atom is -0.478 e. The highest BCUT2D eigenvalue weighted by molar-refractivity contribution is 5.93. The first kappa shape index (κ1) is 18.5. The van der Waals surface area contributed by atoms with E-state index in [1.807, 2.05) is 11.5 Å². The first-order chi connectivity index (χ1) is 11.4. The molecule has 0 atom stereocenters. The zero-order valence-electron chi connectivity index (χ0n) is 14.8. The van der Waals surface area contributed by atoms with Crippen LogP contribution < -0.4 is 5.32 Å². The molecule has 24 heavy (non-hydrogen) atoms. The van der Waals surface area contributed by atoms with E-state index in [1.54, 1.807) is 13.1 Å². The highest BCUT2D eigenvalue weighted by atomic mass is 16.4. The molecule has 0 saturated carbocycles. The summed E-state index contributed by atoms with van der Waals surface area (Å²) < 4.78 is 1.85. The van der Waals surface area contributed by atoms with Crippen LogP contribution in [0.25, 0.3) is 0 Å². The molecule has 0 spiro atoms. The summed E-state index contributed by atoms with van der Waals surface area (Å²) in [5.74, 6) is -1.10. The van der Waals surface area contributed by atoms with Gasteiger partial charge in [-0.25, -0.2) is 4.79 Å². The lowest BCUT2D eigenvalue weighted by Gasteiger charge is -2.32. The molecule has 1 aromatic rings. The van der Waals surface area contributed by atoms with E-state index in [9.17, 15) is 14.7 Å². The Balaban J connectivity index is 1.87. The first-order valence-electron chi connectivity index (χ1n) is 8.51. The fourth-order valence-corrected chi connectivity index (χ4v) is 3.15. The van der Waals surface area contributed by atoms with E-state index >= 15 is 0 Å². The number of rotatable bonds is 7. The molecule has 1 saturated heterocycles. The number of nitrogens with zero attached hydrogens (tertiary/aromatic N) is 3. The number of carboxylic acid groups (broad SMARTS) is 1. The monoisotopic (exact) mass is 336 g/mol. The maximum absolute atomic E-state index is 12.2. The number of carbonyl (C=O) groups excluding carboxylic acids is 1. The number of hydrogen-bond donors (Lipinski definition) is 2. The van der Waals surface area contributed by atoms with E-state index in [4.69, 9.17) is 0 Å². The van der Waals surface area contributed by atoms with Gasteiger partial charge in [0, 0.05) is 57.7 Å². The Hall–Kier alpha value is -1.86. The van der Waals surface area contributed by atoms with Crippen molar-refractivity contribution in [1.82, 2.24) is 19.7 Å². The molecule has 0 unspecified atom stereocenters. The minimum absolute atomic E-state index is 0.103. The largest absolute Gasteiger partial charge is 0.478 e. The highest BCUT2D eigenvalue weighted by Gasteiger charge is 2.21. The lowest BCUT2D eigenvalue weighted by Crippen LogP contribution is -2.47. The zero-order valence-corrected chi connectivity index (χ0v) is 14.8. The molecule has 0 aliphatic carbocycles. The van der Waals surface area contributed by atoms with Crippen LogP contribution in [-0.4, -0.2) is 77.7 Å². The molecule has 2 heterocycles. The molecule has 0 aromatic carbocycles. The highest BCUT2D eigenvalue weighted by Crippen LogP contribution is 2.18. The third-order valence-electron chi connectivity index (χ3n) is 4.61. The molecule has 0 radical (unpaired) electrons. The molecule has 0 bridgehead atoms. The SMILES string of the molecule is CCn1cc(C)c(C(=O)O)c1CC(=O)NCCN1CCN(C)CC1. The van der Waals surface area contributed by atoms with Crippen molar-refractivity contribution in [2.45, 2.75) is 26.8 Å². The Labute approximate surface area is 143 Å². The van der Waals surface area contributed by atoms with E-state index in [1.165, 1.54) is 0 Å². The topological polar surface area (TPSA) is 77.8 Å². The van der Waals surface area contributed by atoms with Gasteiger partial charge < -0.3 is 19.9 Å². The second-order valence-electron chi connectivity index (χ2n) is 6.40. The average molecular weight is 336 g/mol. The summed E-state index contributed by atoms with van der Waals surface area (Å²) in [6, 6.07) is 0. The summed E-state index contributed by atoms with van der Waals surface area (Å²) in [5.41, 5.74) is 1.54. The number of carboxylic acids is 1. The van der Waals surface area contributed by atoms with Crippen LogP contribution in [0.5, 0.6) is 0 Å². The average Bonchev–Trinajstić information content (AvgIpc) is 2.85. The van der Waals surface area contributed by atoms with Gasteiger partial charge >= 0.3 is 5.97 Å². The zero-order chi connectivity index (χ0) is 17.7. The Bertz CT molecular complexity index is 589. The molecule has 1 aliphatic rings. The van der Waals surface area contributed by atoms with Crippen molar-refractivity contribution in [2.24, 2.45) is 0 Å². The fraction of sp³-hybridized carbons (Fsp3) is 0.647. The Morgan fingerprint density at radius 3 is 2.50 bits per heavy atom. The third-order valence-corrected chi connectivity index (χ3v) is 4.61. The molecule has 7 heteroatoms. The third kappa shape index (κ3) is 4.58. The Kier molecular flexibility index (Phi) is 6.39. The molecule has 1 aliphatic heterocycles. The van der Waals surface area contributed by atoms with Crippen molar-refractivity contribution >= 4 is 11.9 Å². The second kappa shape index (κ2) is 8.30. The number of amides is 1. The van der Waals surface area contributed by atoms with Crippen LogP contribution in [0.2, 0.25) is 0 Å². The summed E-state index contributed by atoms with van der Waals surface area (Å²) >= 11 is 0. The molecule has 7 nitrogen and oxygen atoms in total. The van der Waals surface area contributed by atoms with E-state index in [-0.39, 0.29) is 17.9 Å². The summed E-state index contributed by atoms with van der Waals surface area (Å²) in [4.78, 5) is 28.3. The van der Waals surface area contributed by atoms with Gasteiger partial charge in [0.15, 0.2) is 0 Å². The Morgan fingerprint density at radius 2 is 1.92 bits per heavy atom. The smallest absolute Gasteiger partial charge is 0.337 e. The van der Waals surface area contributed by atoms with Crippen molar-refractivity contribution in [2.75, 3.05) is 46.3 Å². The molecule has 1 aromatic heterocycles. The number of aromatic nitrogens is 1. The lowest BCUT2D eigenvalue weighted by atomic mass is 10.1. The van der Waals surface area contributed by atoms with Gasteiger partial charge in [-0.3, -0.25) is 9.69 Å². The summed E-state index contributed by atoms with van der Waals surface area (Å²) in [6.07, 6.45) is 1.91. The summed E-state index contributed by atoms with van der Waals surface area (Å²) in [5, 5.41) is 12.3. The van der Waals surface area contributed by atoms with Crippen LogP contribution in [0.3, 0.4) is 0 Å². The number of nitrogens with one attached hydrogen (secondary N) is 1. The van der Waals surface area contributed by atoms with E-state index in [0.29, 0.717) is 24.3 Å². The van der Waals surface area contributed by atoms with Gasteiger partial charge in [0.25, 0.3) is 0 Å². The van der Waals surface area contributed by atoms with Crippen LogP contribution in [-0.2, 0) is 17.8 Å². The fourth-order valence-electron chi connectivity index (χ4n) is 3.15. The lowest BCUT2D eigenvalue weighted by molar-refractivity contribution is -0.120. The molecular formula is C17H28N4O3. The molecule has 134 valence electrons. The number of hydrogen-bond acceptors (Lipinski definition) is 4. The Morgan fingerprint density at radius 1 is 1.25 bits per heavy atom. The van der Waals surface area contributed by atoms with E-state index < -0.39 is 5.97 Å². The van der Waals surface area contributed by atoms with Gasteiger partial charge in [-0.1, -0.05) is 0 Å². The van der Waals surface area contributed by atoms with Crippen molar-refractivity contribution in [3.8, 4) is 0 Å². The van der Waals surface area contributed by atoms with Crippen molar-refractivity contribution in [1.29, 1.82) is 0 Å². The first-order valence-corrected chi connectivity index (χ1v) is 8.51. The van der Waals surface area contributed by atoms with Gasteiger partial charge in [-0.2, -0.15) is 0 Å². The maximum atomic E-state index is 12.2. The minimum atomic E-state index is -0.972. The van der Waals surface area contributed by atoms with Gasteiger partial charge in [0.1, 0.15) is 0 Å². The van der Waals surface area contributed by atoms with Gasteiger partial charge in [-0.15, -0.1) is 0 Å². The second-order valence-corrected chi connectivity index (χ2v) is 6.40. The van der Waals surface area contributed by atoms with Crippen LogP contribution in [0.4, 0.5) is 0 Å². The standard InChI is InChI=1S/C17H28N4O3/c1-4-21-12-13(2)16(17(23)24)14(21)11-15(22)18-5-6-20-9-7-19(3)8-10-20/h12H,4-11H2,1-3H3,(H,18,22)(H,23,24). The van der Waals surface area contributed by atoms with Gasteiger partial charge in [0.2, 0.25) is 5.91 Å². The van der Waals surface area contributed by atoms with Crippen molar-refractivity contribution in [3.63, 3.8) is 0 Å².